The number of alkyl halides is 1. The van der Waals surface area contributed by atoms with Crippen molar-refractivity contribution in [3.05, 3.63) is 0 Å². The van der Waals surface area contributed by atoms with Crippen LogP contribution in [0, 0.1) is 40.4 Å². The Bertz CT molecular complexity index is 432. The summed E-state index contributed by atoms with van der Waals surface area (Å²) < 4.78 is 15.1. The Morgan fingerprint density at radius 1 is 0.909 bits per heavy atom. The van der Waals surface area contributed by atoms with Gasteiger partial charge in [0.25, 0.3) is 0 Å². The maximum atomic E-state index is 15.1. The van der Waals surface area contributed by atoms with E-state index < -0.39 is 6.17 Å². The van der Waals surface area contributed by atoms with Crippen molar-refractivity contribution in [2.45, 2.75) is 91.2 Å². The van der Waals surface area contributed by atoms with Gasteiger partial charge in [-0.25, -0.2) is 4.39 Å². The molecular weight excluding hydrogens is 271 g/mol. The van der Waals surface area contributed by atoms with E-state index in [4.69, 9.17) is 0 Å². The van der Waals surface area contributed by atoms with Gasteiger partial charge in [-0.05, 0) is 86.4 Å². The normalized spacial score (nSPS) is 57.8. The van der Waals surface area contributed by atoms with Crippen molar-refractivity contribution >= 4 is 0 Å². The third-order valence-corrected chi connectivity index (χ3v) is 9.34. The molecule has 0 N–H and O–H groups in total. The first kappa shape index (κ1) is 15.5. The Labute approximate surface area is 136 Å². The second kappa shape index (κ2) is 5.21. The van der Waals surface area contributed by atoms with Crippen LogP contribution in [-0.2, 0) is 0 Å². The van der Waals surface area contributed by atoms with E-state index >= 15 is 4.39 Å². The molecular formula is C21H35F. The molecule has 22 heavy (non-hydrogen) atoms. The highest BCUT2D eigenvalue weighted by Gasteiger charge is 2.61. The monoisotopic (exact) mass is 306 g/mol. The molecule has 0 aliphatic heterocycles. The zero-order valence-electron chi connectivity index (χ0n) is 14.9. The van der Waals surface area contributed by atoms with Crippen molar-refractivity contribution in [1.29, 1.82) is 0 Å². The molecule has 0 radical (unpaired) electrons. The van der Waals surface area contributed by atoms with Gasteiger partial charge in [0.05, 0.1) is 0 Å². The van der Waals surface area contributed by atoms with E-state index in [9.17, 15) is 0 Å². The Balaban J connectivity index is 1.65. The van der Waals surface area contributed by atoms with E-state index in [1.807, 2.05) is 0 Å². The molecule has 2 unspecified atom stereocenters. The topological polar surface area (TPSA) is 0 Å². The predicted octanol–water partition coefficient (Wildman–Crippen LogP) is 6.39. The van der Waals surface area contributed by atoms with Gasteiger partial charge in [0.15, 0.2) is 0 Å². The van der Waals surface area contributed by atoms with E-state index in [2.05, 4.69) is 20.8 Å². The van der Waals surface area contributed by atoms with Crippen molar-refractivity contribution in [3.8, 4) is 0 Å². The minimum absolute atomic E-state index is 0.0206. The minimum atomic E-state index is -0.521. The van der Waals surface area contributed by atoms with Gasteiger partial charge < -0.3 is 0 Å². The van der Waals surface area contributed by atoms with Crippen molar-refractivity contribution in [2.75, 3.05) is 0 Å². The van der Waals surface area contributed by atoms with Gasteiger partial charge in [-0.15, -0.1) is 0 Å². The molecule has 0 spiro atoms. The van der Waals surface area contributed by atoms with Gasteiger partial charge in [0, 0.05) is 5.41 Å². The molecule has 4 aliphatic rings. The van der Waals surface area contributed by atoms with Crippen LogP contribution in [0.3, 0.4) is 0 Å². The first-order valence-corrected chi connectivity index (χ1v) is 10.2. The molecule has 0 aromatic carbocycles. The fourth-order valence-corrected chi connectivity index (χ4v) is 8.05. The molecule has 0 heterocycles. The van der Waals surface area contributed by atoms with Crippen molar-refractivity contribution in [3.63, 3.8) is 0 Å². The number of halogens is 1. The molecule has 0 saturated heterocycles. The van der Waals surface area contributed by atoms with Crippen molar-refractivity contribution < 1.29 is 4.39 Å². The van der Waals surface area contributed by atoms with E-state index in [0.29, 0.717) is 17.3 Å². The summed E-state index contributed by atoms with van der Waals surface area (Å²) in [7, 11) is 0. The summed E-state index contributed by atoms with van der Waals surface area (Å²) in [5.41, 5.74) is 0.604. The SMILES string of the molecule is CC[C@H]1CC[C@H]2[C@@H]3CCC4CCCC(F)[C@]4(C)[C@H]3CC[C@]12C. The van der Waals surface area contributed by atoms with E-state index in [1.165, 1.54) is 51.4 Å². The highest BCUT2D eigenvalue weighted by molar-refractivity contribution is 5.10. The summed E-state index contributed by atoms with van der Waals surface area (Å²) in [5.74, 6) is 4.06. The fourth-order valence-electron chi connectivity index (χ4n) is 8.05. The third-order valence-electron chi connectivity index (χ3n) is 9.34. The molecule has 0 amide bonds. The summed E-state index contributed by atoms with van der Waals surface area (Å²) in [6.45, 7) is 7.34. The summed E-state index contributed by atoms with van der Waals surface area (Å²) in [6, 6.07) is 0. The number of rotatable bonds is 1. The lowest BCUT2D eigenvalue weighted by Gasteiger charge is -2.61. The molecule has 0 bridgehead atoms. The molecule has 0 nitrogen and oxygen atoms in total. The van der Waals surface area contributed by atoms with Crippen LogP contribution in [-0.4, -0.2) is 6.17 Å². The first-order chi connectivity index (χ1) is 10.5. The van der Waals surface area contributed by atoms with Crippen LogP contribution < -0.4 is 0 Å². The Morgan fingerprint density at radius 3 is 2.50 bits per heavy atom. The van der Waals surface area contributed by atoms with Gasteiger partial charge in [-0.3, -0.25) is 0 Å². The van der Waals surface area contributed by atoms with Crippen LogP contribution in [0.2, 0.25) is 0 Å². The highest BCUT2D eigenvalue weighted by Crippen LogP contribution is 2.68. The zero-order valence-corrected chi connectivity index (χ0v) is 14.9. The molecule has 4 rings (SSSR count). The second-order valence-electron chi connectivity index (χ2n) is 9.64. The van der Waals surface area contributed by atoms with E-state index in [-0.39, 0.29) is 5.41 Å². The van der Waals surface area contributed by atoms with E-state index in [1.54, 1.807) is 0 Å². The second-order valence-corrected chi connectivity index (χ2v) is 9.64. The van der Waals surface area contributed by atoms with Gasteiger partial charge in [0.2, 0.25) is 0 Å². The minimum Gasteiger partial charge on any atom is -0.247 e. The molecule has 1 heteroatoms. The fraction of sp³-hybridized carbons (Fsp3) is 1.00. The lowest BCUT2D eigenvalue weighted by molar-refractivity contribution is -0.142. The zero-order chi connectivity index (χ0) is 15.5. The Hall–Kier alpha value is -0.0700. The number of fused-ring (bicyclic) bond motifs is 5. The van der Waals surface area contributed by atoms with E-state index in [0.717, 1.165) is 30.6 Å². The summed E-state index contributed by atoms with van der Waals surface area (Å²) >= 11 is 0. The van der Waals surface area contributed by atoms with Crippen LogP contribution in [0.25, 0.3) is 0 Å². The standard InChI is InChI=1S/C21H35F/c1-4-14-9-11-17-16-10-8-15-6-5-7-19(22)21(15,3)18(16)12-13-20(14,17)2/h14-19H,4-13H2,1-3H3/t14-,15?,16-,17-,18-,19?,20+,21-/m0/s1. The van der Waals surface area contributed by atoms with Gasteiger partial charge >= 0.3 is 0 Å². The largest absolute Gasteiger partial charge is 0.247 e. The van der Waals surface area contributed by atoms with Gasteiger partial charge in [0.1, 0.15) is 6.17 Å². The van der Waals surface area contributed by atoms with Crippen LogP contribution >= 0.6 is 0 Å². The molecule has 0 aromatic heterocycles. The molecule has 0 aromatic rings. The maximum absolute atomic E-state index is 15.1. The Morgan fingerprint density at radius 2 is 1.73 bits per heavy atom. The first-order valence-electron chi connectivity index (χ1n) is 10.2. The van der Waals surface area contributed by atoms with Crippen molar-refractivity contribution in [1.82, 2.24) is 0 Å². The predicted molar refractivity (Wildman–Crippen MR) is 90.4 cm³/mol. The molecule has 8 atom stereocenters. The Kier molecular flexibility index (Phi) is 3.66. The number of hydrogen-bond donors (Lipinski definition) is 0. The maximum Gasteiger partial charge on any atom is 0.106 e. The smallest absolute Gasteiger partial charge is 0.106 e. The lowest BCUT2D eigenvalue weighted by atomic mass is 9.44. The van der Waals surface area contributed by atoms with Crippen LogP contribution in [0.15, 0.2) is 0 Å². The number of hydrogen-bond acceptors (Lipinski definition) is 0. The quantitative estimate of drug-likeness (QED) is 0.526. The summed E-state index contributed by atoms with van der Waals surface area (Å²) in [4.78, 5) is 0. The van der Waals surface area contributed by atoms with Crippen molar-refractivity contribution in [2.24, 2.45) is 40.4 Å². The lowest BCUT2D eigenvalue weighted by Crippen LogP contribution is -2.56. The van der Waals surface area contributed by atoms with Crippen LogP contribution in [0.1, 0.15) is 85.0 Å². The molecule has 126 valence electrons. The summed E-state index contributed by atoms with van der Waals surface area (Å²) in [5, 5.41) is 0. The summed E-state index contributed by atoms with van der Waals surface area (Å²) in [6.07, 6.45) is 12.4. The average Bonchev–Trinajstić information content (AvgIpc) is 2.85. The van der Waals surface area contributed by atoms with Crippen LogP contribution in [0.5, 0.6) is 0 Å². The van der Waals surface area contributed by atoms with Gasteiger partial charge in [-0.2, -0.15) is 0 Å². The van der Waals surface area contributed by atoms with Crippen LogP contribution in [0.4, 0.5) is 4.39 Å². The average molecular weight is 307 g/mol. The molecule has 4 fully saturated rings. The molecule has 4 aliphatic carbocycles. The van der Waals surface area contributed by atoms with Gasteiger partial charge in [-0.1, -0.05) is 33.6 Å². The highest BCUT2D eigenvalue weighted by atomic mass is 19.1. The third kappa shape index (κ3) is 1.86. The molecule has 4 saturated carbocycles.